The highest BCUT2D eigenvalue weighted by atomic mass is 19.3. The second-order valence-corrected chi connectivity index (χ2v) is 21.4. The number of nitrogens with zero attached hydrogens (tertiary/aromatic N) is 4. The van der Waals surface area contributed by atoms with E-state index < -0.39 is 11.8 Å². The number of carbonyl (C=O) groups excluding carboxylic acids is 3. The lowest BCUT2D eigenvalue weighted by atomic mass is 9.96. The van der Waals surface area contributed by atoms with Gasteiger partial charge in [0, 0.05) is 135 Å². The number of amides is 2. The molecule has 2 amide bonds. The maximum Gasteiger partial charge on any atom is 0.253 e. The molecule has 440 valence electrons. The van der Waals surface area contributed by atoms with Crippen molar-refractivity contribution < 1.29 is 49.6 Å². The van der Waals surface area contributed by atoms with Gasteiger partial charge in [-0.25, -0.2) is 26.3 Å². The first-order valence-electron chi connectivity index (χ1n) is 28.4. The zero-order chi connectivity index (χ0) is 60.4. The molecule has 4 aromatic heterocycles. The molecule has 11 nitrogen and oxygen atoms in total. The Labute approximate surface area is 493 Å². The Balaban J connectivity index is 0.000000173. The number of alkyl halides is 4. The van der Waals surface area contributed by atoms with Gasteiger partial charge in [-0.3, -0.25) is 24.4 Å². The number of benzene rings is 6. The third kappa shape index (κ3) is 15.0. The maximum atomic E-state index is 13.8. The fourth-order valence-corrected chi connectivity index (χ4v) is 10.4. The molecule has 6 aromatic carbocycles. The van der Waals surface area contributed by atoms with Crippen LogP contribution in [0, 0.1) is 11.6 Å². The number of carbonyl (C=O) groups is 3. The lowest BCUT2D eigenvalue weighted by molar-refractivity contribution is -0.119. The quantitative estimate of drug-likeness (QED) is 0.101. The molecule has 0 atom stereocenters. The van der Waals surface area contributed by atoms with E-state index in [4.69, 9.17) is 20.3 Å². The molecule has 2 fully saturated rings. The Hall–Kier alpha value is -9.19. The summed E-state index contributed by atoms with van der Waals surface area (Å²) >= 11 is 0. The Bertz CT molecular complexity index is 3930. The lowest BCUT2D eigenvalue weighted by Gasteiger charge is -2.31. The van der Waals surface area contributed by atoms with Crippen LogP contribution in [0.1, 0.15) is 81.9 Å². The Kier molecular flexibility index (Phi) is 18.7. The van der Waals surface area contributed by atoms with Crippen LogP contribution in [-0.2, 0) is 30.7 Å². The molecule has 12 rings (SSSR count). The van der Waals surface area contributed by atoms with Gasteiger partial charge in [0.15, 0.2) is 0 Å². The monoisotopic (exact) mass is 1170 g/mol. The molecule has 86 heavy (non-hydrogen) atoms. The third-order valence-corrected chi connectivity index (χ3v) is 15.4. The number of hydrogen-bond donors (Lipinski definition) is 2. The number of aromatic nitrogens is 2. The highest BCUT2D eigenvalue weighted by molar-refractivity contribution is 6.00. The number of ketones is 1. The summed E-state index contributed by atoms with van der Waals surface area (Å²) in [5, 5.41) is 1.71. The smallest absolute Gasteiger partial charge is 0.253 e. The van der Waals surface area contributed by atoms with E-state index in [0.29, 0.717) is 66.0 Å². The first-order valence-corrected chi connectivity index (χ1v) is 28.4. The number of pyridine rings is 2. The summed E-state index contributed by atoms with van der Waals surface area (Å²) in [5.41, 5.74) is 22.1. The molecule has 2 aliphatic rings. The van der Waals surface area contributed by atoms with E-state index in [1.165, 1.54) is 34.1 Å². The van der Waals surface area contributed by atoms with Gasteiger partial charge >= 0.3 is 0 Å². The van der Waals surface area contributed by atoms with E-state index in [1.807, 2.05) is 84.9 Å². The number of hydrogen-bond acceptors (Lipinski definition) is 9. The largest absolute Gasteiger partial charge is 0.460 e. The van der Waals surface area contributed by atoms with Gasteiger partial charge < -0.3 is 30.1 Å². The van der Waals surface area contributed by atoms with Crippen LogP contribution in [0.2, 0.25) is 0 Å². The van der Waals surface area contributed by atoms with Crippen LogP contribution in [-0.4, -0.2) is 75.4 Å². The van der Waals surface area contributed by atoms with E-state index >= 15 is 0 Å². The van der Waals surface area contributed by atoms with Crippen LogP contribution >= 0.6 is 0 Å². The number of aryl methyl sites for hydroxylation is 2. The summed E-state index contributed by atoms with van der Waals surface area (Å²) < 4.78 is 93.4. The van der Waals surface area contributed by atoms with Crippen molar-refractivity contribution in [2.24, 2.45) is 11.5 Å². The molecule has 0 saturated carbocycles. The Morgan fingerprint density at radius 2 is 0.872 bits per heavy atom. The summed E-state index contributed by atoms with van der Waals surface area (Å²) in [6.07, 6.45) is 7.59. The Morgan fingerprint density at radius 1 is 0.465 bits per heavy atom. The summed E-state index contributed by atoms with van der Waals surface area (Å²) in [6, 6.07) is 45.9. The summed E-state index contributed by atoms with van der Waals surface area (Å²) in [7, 11) is 0. The van der Waals surface area contributed by atoms with Crippen LogP contribution in [0.3, 0.4) is 0 Å². The van der Waals surface area contributed by atoms with Crippen LogP contribution in [0.5, 0.6) is 0 Å². The summed E-state index contributed by atoms with van der Waals surface area (Å²) in [4.78, 5) is 49.2. The topological polar surface area (TPSA) is 162 Å². The van der Waals surface area contributed by atoms with E-state index in [1.54, 1.807) is 73.3 Å². The molecule has 2 saturated heterocycles. The van der Waals surface area contributed by atoms with Gasteiger partial charge in [-0.1, -0.05) is 60.7 Å². The van der Waals surface area contributed by atoms with Crippen molar-refractivity contribution in [3.05, 3.63) is 228 Å². The van der Waals surface area contributed by atoms with Gasteiger partial charge in [-0.15, -0.1) is 0 Å². The number of Topliss-reactive ketones (excluding diaryl/α,β-unsaturated/α-hetero) is 1. The van der Waals surface area contributed by atoms with Crippen molar-refractivity contribution in [1.82, 2.24) is 19.8 Å². The number of piperidine rings is 2. The minimum atomic E-state index is -2.72. The minimum Gasteiger partial charge on any atom is -0.460 e. The van der Waals surface area contributed by atoms with Crippen molar-refractivity contribution in [3.8, 4) is 44.5 Å². The average Bonchev–Trinajstić information content (AvgIpc) is 3.31. The number of rotatable bonds is 14. The Morgan fingerprint density at radius 3 is 1.28 bits per heavy atom. The van der Waals surface area contributed by atoms with Crippen molar-refractivity contribution in [2.75, 3.05) is 26.2 Å². The molecule has 0 bridgehead atoms. The molecule has 17 heteroatoms. The molecule has 6 heterocycles. The molecule has 0 aliphatic carbocycles. The predicted octanol–water partition coefficient (Wildman–Crippen LogP) is 15.1. The van der Waals surface area contributed by atoms with Crippen molar-refractivity contribution in [3.63, 3.8) is 0 Å². The predicted molar refractivity (Wildman–Crippen MR) is 320 cm³/mol. The summed E-state index contributed by atoms with van der Waals surface area (Å²) in [6.45, 7) is 0.999. The standard InChI is InChI=1S/C36H31F3N2O3.C27H23F3N2O2.C6H8N2/c37-30-10-8-26(9-11-30)33-22-28(25-4-6-27(7-5-25)35(43)41-18-15-36(38,39)16-19-41)20-29-21-32(44-34(29)33)14-13-31(42)12-3-24-2-1-17-40-23-24;28-22-7-5-18(6-8-22)24-15-20(13-21-14-23(16-31)34-25(21)24)17-1-3-19(4-2-17)26(33)32-11-9-27(29,30)10-12-32;7-4-6-2-1-3-8-5-6/h1-2,4-11,17,20-23H,3,12-16,18-19H2;1-8,13-15H,9-12,16,31H2;1-3,5H,4,7H2. The second kappa shape index (κ2) is 26.8. The summed E-state index contributed by atoms with van der Waals surface area (Å²) in [5.74, 6) is -5.12. The van der Waals surface area contributed by atoms with Crippen molar-refractivity contribution in [1.29, 1.82) is 0 Å². The van der Waals surface area contributed by atoms with Gasteiger partial charge in [0.25, 0.3) is 23.7 Å². The average molecular weight is 1170 g/mol. The number of nitrogens with two attached hydrogens (primary N) is 2. The minimum absolute atomic E-state index is 0.0320. The fraction of sp³-hybridized carbons (Fsp3) is 0.232. The molecule has 0 unspecified atom stereocenters. The number of likely N-dealkylation sites (tertiary alicyclic amines) is 2. The van der Waals surface area contributed by atoms with E-state index in [9.17, 15) is 40.7 Å². The molecular weight excluding hydrogens is 1110 g/mol. The van der Waals surface area contributed by atoms with Crippen LogP contribution in [0.25, 0.3) is 66.4 Å². The van der Waals surface area contributed by atoms with Gasteiger partial charge in [0.05, 0.1) is 6.54 Å². The van der Waals surface area contributed by atoms with E-state index in [-0.39, 0.29) is 87.6 Å². The molecule has 0 spiro atoms. The molecule has 4 N–H and O–H groups in total. The number of halogens is 6. The lowest BCUT2D eigenvalue weighted by Crippen LogP contribution is -2.42. The molecule has 10 aromatic rings. The van der Waals surface area contributed by atoms with Gasteiger partial charge in [-0.2, -0.15) is 0 Å². The van der Waals surface area contributed by atoms with Crippen molar-refractivity contribution >= 4 is 39.5 Å². The maximum absolute atomic E-state index is 13.8. The normalized spacial score (nSPS) is 14.5. The SMILES string of the molecule is NCc1cc2cc(-c3ccc(C(=O)N4CCC(F)(F)CC4)cc3)cc(-c3ccc(F)cc3)c2o1.NCc1cccnc1.O=C(CCc1cccnc1)CCc1cc2cc(-c3ccc(C(=O)N4CCC(F)(F)CC4)cc3)cc(-c3ccc(F)cc3)c2o1. The molecular formula is C69H62F6N6O5. The zero-order valence-corrected chi connectivity index (χ0v) is 47.0. The molecule has 0 radical (unpaired) electrons. The van der Waals surface area contributed by atoms with Gasteiger partial charge in [0.2, 0.25) is 0 Å². The van der Waals surface area contributed by atoms with Crippen LogP contribution in [0.4, 0.5) is 26.3 Å². The number of fused-ring (bicyclic) bond motifs is 2. The fourth-order valence-electron chi connectivity index (χ4n) is 10.4. The van der Waals surface area contributed by atoms with E-state index in [0.717, 1.165) is 66.4 Å². The van der Waals surface area contributed by atoms with Crippen LogP contribution in [0.15, 0.2) is 191 Å². The zero-order valence-electron chi connectivity index (χ0n) is 47.0. The number of furan rings is 2. The van der Waals surface area contributed by atoms with Crippen LogP contribution < -0.4 is 11.5 Å². The van der Waals surface area contributed by atoms with Gasteiger partial charge in [0.1, 0.15) is 40.1 Å². The highest BCUT2D eigenvalue weighted by Crippen LogP contribution is 2.39. The molecule has 2 aliphatic heterocycles. The van der Waals surface area contributed by atoms with Gasteiger partial charge in [-0.05, 0) is 148 Å². The second-order valence-electron chi connectivity index (χ2n) is 21.4. The van der Waals surface area contributed by atoms with E-state index in [2.05, 4.69) is 9.97 Å². The van der Waals surface area contributed by atoms with Crippen molar-refractivity contribution in [2.45, 2.75) is 76.3 Å². The first-order chi connectivity index (χ1) is 41.5. The highest BCUT2D eigenvalue weighted by Gasteiger charge is 2.37. The first kappa shape index (κ1) is 60.0. The third-order valence-electron chi connectivity index (χ3n) is 15.4.